The van der Waals surface area contributed by atoms with E-state index in [2.05, 4.69) is 0 Å². The first-order valence-corrected chi connectivity index (χ1v) is 7.67. The quantitative estimate of drug-likeness (QED) is 0.927. The molecule has 1 aliphatic carbocycles. The molecule has 1 aromatic carbocycles. The van der Waals surface area contributed by atoms with E-state index in [9.17, 15) is 9.90 Å². The average molecular weight is 291 g/mol. The van der Waals surface area contributed by atoms with E-state index in [-0.39, 0.29) is 11.9 Å². The molecule has 0 bridgehead atoms. The predicted octanol–water partition coefficient (Wildman–Crippen LogP) is 2.52. The average Bonchev–Trinajstić information content (AvgIpc) is 2.46. The molecule has 0 unspecified atom stereocenters. The van der Waals surface area contributed by atoms with Crippen LogP contribution in [0.1, 0.15) is 38.2 Å². The first kappa shape index (κ1) is 15.8. The van der Waals surface area contributed by atoms with E-state index in [1.165, 1.54) is 0 Å². The van der Waals surface area contributed by atoms with Gasteiger partial charge in [0.15, 0.2) is 6.10 Å². The van der Waals surface area contributed by atoms with Crippen molar-refractivity contribution in [1.82, 2.24) is 4.90 Å². The van der Waals surface area contributed by atoms with Gasteiger partial charge in [0.05, 0.1) is 12.1 Å². The number of carbonyl (C=O) groups excluding carboxylic acids is 1. The second-order valence-corrected chi connectivity index (χ2v) is 5.94. The van der Waals surface area contributed by atoms with Crippen molar-refractivity contribution in [3.05, 3.63) is 29.8 Å². The second-order valence-electron chi connectivity index (χ2n) is 5.94. The van der Waals surface area contributed by atoms with Gasteiger partial charge in [-0.15, -0.1) is 0 Å². The molecule has 2 rings (SSSR count). The van der Waals surface area contributed by atoms with Crippen molar-refractivity contribution in [3.8, 4) is 5.75 Å². The molecule has 1 amide bonds. The molecule has 1 fully saturated rings. The van der Waals surface area contributed by atoms with Crippen molar-refractivity contribution in [1.29, 1.82) is 0 Å². The van der Waals surface area contributed by atoms with Crippen molar-refractivity contribution in [2.45, 2.75) is 57.8 Å². The van der Waals surface area contributed by atoms with E-state index in [0.717, 1.165) is 31.2 Å². The van der Waals surface area contributed by atoms with Gasteiger partial charge in [-0.3, -0.25) is 4.79 Å². The van der Waals surface area contributed by atoms with E-state index in [4.69, 9.17) is 4.74 Å². The molecule has 0 aliphatic heterocycles. The van der Waals surface area contributed by atoms with Crippen LogP contribution in [0.4, 0.5) is 0 Å². The van der Waals surface area contributed by atoms with Gasteiger partial charge in [0.2, 0.25) is 0 Å². The van der Waals surface area contributed by atoms with Crippen LogP contribution in [-0.2, 0) is 4.79 Å². The van der Waals surface area contributed by atoms with Gasteiger partial charge in [-0.05, 0) is 44.4 Å². The number of likely N-dealkylation sites (N-methyl/N-ethyl adjacent to an activating group) is 1. The van der Waals surface area contributed by atoms with Gasteiger partial charge in [0, 0.05) is 7.05 Å². The first-order chi connectivity index (χ1) is 9.99. The lowest BCUT2D eigenvalue weighted by Crippen LogP contribution is -2.50. The lowest BCUT2D eigenvalue weighted by molar-refractivity contribution is -0.142. The normalized spacial score (nSPS) is 23.4. The fourth-order valence-corrected chi connectivity index (χ4v) is 2.94. The third kappa shape index (κ3) is 3.97. The fraction of sp³-hybridized carbons (Fsp3) is 0.588. The SMILES string of the molecule is Cc1cccc(O[C@H](C)C(=O)N(C)[C@@H]2CCCC[C@@H]2O)c1. The minimum atomic E-state index is -0.550. The standard InChI is InChI=1S/C17H25NO3/c1-12-7-6-8-14(11-12)21-13(2)17(20)18(3)15-9-4-5-10-16(15)19/h6-8,11,13,15-16,19H,4-5,9-10H2,1-3H3/t13-,15-,16+/m1/s1. The zero-order valence-corrected chi connectivity index (χ0v) is 13.1. The maximum absolute atomic E-state index is 12.5. The number of carbonyl (C=O) groups is 1. The Morgan fingerprint density at radius 3 is 2.76 bits per heavy atom. The number of benzene rings is 1. The first-order valence-electron chi connectivity index (χ1n) is 7.67. The Balaban J connectivity index is 1.98. The number of aliphatic hydroxyl groups excluding tert-OH is 1. The molecule has 1 saturated carbocycles. The van der Waals surface area contributed by atoms with E-state index in [1.54, 1.807) is 18.9 Å². The van der Waals surface area contributed by atoms with Gasteiger partial charge in [-0.25, -0.2) is 0 Å². The van der Waals surface area contributed by atoms with Crippen molar-refractivity contribution >= 4 is 5.91 Å². The fourth-order valence-electron chi connectivity index (χ4n) is 2.94. The third-order valence-electron chi connectivity index (χ3n) is 4.19. The van der Waals surface area contributed by atoms with Crippen LogP contribution >= 0.6 is 0 Å². The van der Waals surface area contributed by atoms with Crippen LogP contribution < -0.4 is 4.74 Å². The lowest BCUT2D eigenvalue weighted by atomic mass is 9.91. The summed E-state index contributed by atoms with van der Waals surface area (Å²) in [6, 6.07) is 7.58. The van der Waals surface area contributed by atoms with Crippen LogP contribution in [0.2, 0.25) is 0 Å². The summed E-state index contributed by atoms with van der Waals surface area (Å²) in [7, 11) is 1.76. The molecule has 0 spiro atoms. The van der Waals surface area contributed by atoms with E-state index >= 15 is 0 Å². The van der Waals surface area contributed by atoms with Crippen LogP contribution in [0.15, 0.2) is 24.3 Å². The molecular weight excluding hydrogens is 266 g/mol. The Morgan fingerprint density at radius 2 is 2.10 bits per heavy atom. The molecule has 3 atom stereocenters. The number of hydrogen-bond donors (Lipinski definition) is 1. The van der Waals surface area contributed by atoms with Crippen LogP contribution in [-0.4, -0.2) is 41.2 Å². The van der Waals surface area contributed by atoms with E-state index < -0.39 is 12.2 Å². The van der Waals surface area contributed by atoms with Crippen LogP contribution in [0.5, 0.6) is 5.75 Å². The van der Waals surface area contributed by atoms with Gasteiger partial charge in [-0.1, -0.05) is 25.0 Å². The molecule has 116 valence electrons. The molecule has 1 aliphatic rings. The van der Waals surface area contributed by atoms with Crippen LogP contribution in [0.3, 0.4) is 0 Å². The molecule has 4 heteroatoms. The molecule has 0 aromatic heterocycles. The number of rotatable bonds is 4. The number of amides is 1. The van der Waals surface area contributed by atoms with Gasteiger partial charge in [0.1, 0.15) is 5.75 Å². The van der Waals surface area contributed by atoms with Crippen LogP contribution in [0.25, 0.3) is 0 Å². The summed E-state index contributed by atoms with van der Waals surface area (Å²) in [5, 5.41) is 10.1. The highest BCUT2D eigenvalue weighted by Crippen LogP contribution is 2.23. The van der Waals surface area contributed by atoms with E-state index in [1.807, 2.05) is 31.2 Å². The predicted molar refractivity (Wildman–Crippen MR) is 82.3 cm³/mol. The molecule has 1 aromatic rings. The van der Waals surface area contributed by atoms with Gasteiger partial charge in [-0.2, -0.15) is 0 Å². The van der Waals surface area contributed by atoms with Crippen molar-refractivity contribution < 1.29 is 14.6 Å². The van der Waals surface area contributed by atoms with Gasteiger partial charge >= 0.3 is 0 Å². The maximum atomic E-state index is 12.5. The molecule has 0 radical (unpaired) electrons. The topological polar surface area (TPSA) is 49.8 Å². The minimum absolute atomic E-state index is 0.0811. The largest absolute Gasteiger partial charge is 0.481 e. The summed E-state index contributed by atoms with van der Waals surface area (Å²) in [6.07, 6.45) is 2.77. The Kier molecular flexibility index (Phi) is 5.23. The second kappa shape index (κ2) is 6.94. The highest BCUT2D eigenvalue weighted by Gasteiger charge is 2.31. The molecule has 0 heterocycles. The summed E-state index contributed by atoms with van der Waals surface area (Å²) >= 11 is 0. The minimum Gasteiger partial charge on any atom is -0.481 e. The monoisotopic (exact) mass is 291 g/mol. The summed E-state index contributed by atoms with van der Waals surface area (Å²) in [6.45, 7) is 3.75. The maximum Gasteiger partial charge on any atom is 0.263 e. The smallest absolute Gasteiger partial charge is 0.263 e. The molecule has 4 nitrogen and oxygen atoms in total. The number of aryl methyl sites for hydroxylation is 1. The van der Waals surface area contributed by atoms with E-state index in [0.29, 0.717) is 5.75 Å². The lowest BCUT2D eigenvalue weighted by Gasteiger charge is -2.36. The summed E-state index contributed by atoms with van der Waals surface area (Å²) in [5.74, 6) is 0.621. The molecule has 0 saturated heterocycles. The summed E-state index contributed by atoms with van der Waals surface area (Å²) in [4.78, 5) is 14.1. The molecule has 21 heavy (non-hydrogen) atoms. The Morgan fingerprint density at radius 1 is 1.38 bits per heavy atom. The van der Waals surface area contributed by atoms with Crippen molar-refractivity contribution in [2.75, 3.05) is 7.05 Å². The zero-order valence-electron chi connectivity index (χ0n) is 13.1. The zero-order chi connectivity index (χ0) is 15.4. The highest BCUT2D eigenvalue weighted by molar-refractivity contribution is 5.81. The molecular formula is C17H25NO3. The Labute approximate surface area is 126 Å². The number of hydrogen-bond acceptors (Lipinski definition) is 3. The van der Waals surface area contributed by atoms with Gasteiger partial charge < -0.3 is 14.7 Å². The number of ether oxygens (including phenoxy) is 1. The van der Waals surface area contributed by atoms with Crippen molar-refractivity contribution in [3.63, 3.8) is 0 Å². The number of nitrogens with zero attached hydrogens (tertiary/aromatic N) is 1. The highest BCUT2D eigenvalue weighted by atomic mass is 16.5. The Hall–Kier alpha value is -1.55. The Bertz CT molecular complexity index is 489. The summed E-state index contributed by atoms with van der Waals surface area (Å²) < 4.78 is 5.73. The van der Waals surface area contributed by atoms with Gasteiger partial charge in [0.25, 0.3) is 5.91 Å². The third-order valence-corrected chi connectivity index (χ3v) is 4.19. The number of aliphatic hydroxyl groups is 1. The van der Waals surface area contributed by atoms with Crippen molar-refractivity contribution in [2.24, 2.45) is 0 Å². The van der Waals surface area contributed by atoms with Crippen LogP contribution in [0, 0.1) is 6.92 Å². The molecule has 1 N–H and O–H groups in total. The summed E-state index contributed by atoms with van der Waals surface area (Å²) in [5.41, 5.74) is 1.10.